The van der Waals surface area contributed by atoms with Gasteiger partial charge in [-0.25, -0.2) is 9.97 Å². The standard InChI is InChI=1S/C134H134N6O4S4/c1-9-17-25-31-43-83-53-61-91(62-54-83)133(92-63-55-84(56-64-92)44-32-26-18-10-2)105-75-95(73-103-109(89(77-135)78-136)97-49-37-39-51-99(97)123(103)141)145-125(105)129-121(133)113-101-69-71-107-115-111(101)117-116-108(139-131(119(117)127(113)147-129)143-81-87(41-23-15-7)47-35-29-21-13-5)72-70-102-112(116)118(115)120(132(140-107)144-82-88(42-24-16-8)48-36-30-22-14-6)128-114(102)122-130(148-128)126-106(76-96(146-126)74-104-110(90(79-137)80-138)98-50-38-40-52-100(98)124(104)142)134(122,93-65-57-85(58-66-93)45-33-27-19-11-3)94-67-59-86(60-68-94)46-34-28-20-12-4/h37-40,49-76,87-88H,9-36,41-48,81-82H2,1-8H3/b103-73-,104-74-. The highest BCUT2D eigenvalue weighted by Gasteiger charge is 2.54. The molecule has 2 unspecified atom stereocenters. The summed E-state index contributed by atoms with van der Waals surface area (Å²) in [5.41, 5.74) is 17.5. The Morgan fingerprint density at radius 1 is 0.324 bits per heavy atom. The average Bonchev–Trinajstić information content (AvgIpc) is 1.44. The maximum atomic E-state index is 15.4. The molecule has 0 saturated carbocycles. The van der Waals surface area contributed by atoms with E-state index in [0.29, 0.717) is 69.5 Å². The highest BCUT2D eigenvalue weighted by Crippen LogP contribution is 2.70. The van der Waals surface area contributed by atoms with Crippen molar-refractivity contribution in [3.05, 3.63) is 303 Å². The van der Waals surface area contributed by atoms with Gasteiger partial charge in [0, 0.05) is 95.7 Å². The lowest BCUT2D eigenvalue weighted by molar-refractivity contribution is 0.103. The third kappa shape index (κ3) is 17.9. The molecule has 6 heterocycles. The molecule has 2 atom stereocenters. The molecule has 0 fully saturated rings. The Kier molecular flexibility index (Phi) is 30.5. The largest absolute Gasteiger partial charge is 0.477 e. The lowest BCUT2D eigenvalue weighted by atomic mass is 9.66. The van der Waals surface area contributed by atoms with E-state index in [4.69, 9.17) is 19.4 Å². The summed E-state index contributed by atoms with van der Waals surface area (Å²) in [6.07, 6.45) is 44.1. The summed E-state index contributed by atoms with van der Waals surface area (Å²) in [5, 5.41) is 56.7. The van der Waals surface area contributed by atoms with Gasteiger partial charge in [-0.2, -0.15) is 21.0 Å². The number of fused-ring (bicyclic) bond motifs is 16. The number of ether oxygens (including phenoxy) is 2. The first-order valence-electron chi connectivity index (χ1n) is 55.9. The number of nitriles is 4. The summed E-state index contributed by atoms with van der Waals surface area (Å²) in [5.74, 6) is 1.41. The zero-order chi connectivity index (χ0) is 102. The third-order valence-corrected chi connectivity index (χ3v) is 38.0. The number of nitrogens with zero attached hydrogens (tertiary/aromatic N) is 6. The molecule has 0 spiro atoms. The average molecular weight is 2020 g/mol. The van der Waals surface area contributed by atoms with Gasteiger partial charge in [0.15, 0.2) is 11.6 Å². The van der Waals surface area contributed by atoms with Gasteiger partial charge >= 0.3 is 0 Å². The van der Waals surface area contributed by atoms with Crippen LogP contribution in [0.1, 0.15) is 369 Å². The normalized spacial score (nSPS) is 14.8. The number of Topliss-reactive ketones (excluding diaryl/α,β-unsaturated/α-hetero) is 2. The lowest BCUT2D eigenvalue weighted by Gasteiger charge is -2.34. The summed E-state index contributed by atoms with van der Waals surface area (Å²) in [4.78, 5) is 49.4. The van der Waals surface area contributed by atoms with E-state index >= 15 is 9.59 Å². The third-order valence-electron chi connectivity index (χ3n) is 33.0. The maximum Gasteiger partial charge on any atom is 0.223 e. The summed E-state index contributed by atoms with van der Waals surface area (Å²) in [6.45, 7) is 19.4. The van der Waals surface area contributed by atoms with Crippen LogP contribution in [0.2, 0.25) is 0 Å². The van der Waals surface area contributed by atoms with Crippen molar-refractivity contribution in [1.29, 1.82) is 21.0 Å². The van der Waals surface area contributed by atoms with Crippen LogP contribution < -0.4 is 9.47 Å². The first-order valence-corrected chi connectivity index (χ1v) is 59.2. The number of allylic oxidation sites excluding steroid dienone is 6. The minimum absolute atomic E-state index is 0.0926. The Hall–Kier alpha value is -12.8. The number of rotatable bonds is 48. The molecule has 0 saturated heterocycles. The molecule has 0 amide bonds. The molecule has 14 heteroatoms. The molecule has 4 aliphatic carbocycles. The van der Waals surface area contributed by atoms with Crippen molar-refractivity contribution in [2.75, 3.05) is 13.2 Å². The first-order chi connectivity index (χ1) is 72.8. The number of carbonyl (C=O) groups is 2. The zero-order valence-electron chi connectivity index (χ0n) is 87.4. The Balaban J connectivity index is 0.913. The number of unbranched alkanes of at least 4 members (excludes halogenated alkanes) is 20. The number of hydrogen-bond donors (Lipinski definition) is 0. The summed E-state index contributed by atoms with van der Waals surface area (Å²) >= 11 is 7.12. The fourth-order valence-corrected chi connectivity index (χ4v) is 31.0. The van der Waals surface area contributed by atoms with Crippen LogP contribution >= 0.6 is 45.3 Å². The number of carbonyl (C=O) groups excluding carboxylic acids is 2. The van der Waals surface area contributed by atoms with Gasteiger partial charge in [-0.15, -0.1) is 45.3 Å². The fraction of sp³-hybridized carbons (Fsp3) is 0.373. The fourth-order valence-electron chi connectivity index (χ4n) is 25.6. The number of thiophene rings is 4. The lowest BCUT2D eigenvalue weighted by Crippen LogP contribution is -2.28. The quantitative estimate of drug-likeness (QED) is 0.0117. The van der Waals surface area contributed by atoms with E-state index in [2.05, 4.69) is 213 Å². The predicted octanol–water partition coefficient (Wildman–Crippen LogP) is 38.0. The summed E-state index contributed by atoms with van der Waals surface area (Å²) in [7, 11) is 0. The maximum absolute atomic E-state index is 15.4. The van der Waals surface area contributed by atoms with E-state index in [9.17, 15) is 21.0 Å². The van der Waals surface area contributed by atoms with Crippen molar-refractivity contribution < 1.29 is 19.1 Å². The topological polar surface area (TPSA) is 174 Å². The monoisotopic (exact) mass is 2020 g/mol. The van der Waals surface area contributed by atoms with Crippen LogP contribution in [0.5, 0.6) is 11.8 Å². The highest BCUT2D eigenvalue weighted by molar-refractivity contribution is 7.28. The van der Waals surface area contributed by atoms with Crippen LogP contribution in [0.4, 0.5) is 0 Å². The first kappa shape index (κ1) is 101. The van der Waals surface area contributed by atoms with Crippen LogP contribution in [0.3, 0.4) is 0 Å². The van der Waals surface area contributed by atoms with E-state index < -0.39 is 10.8 Å². The molecule has 748 valence electrons. The van der Waals surface area contributed by atoms with Gasteiger partial charge < -0.3 is 9.47 Å². The molecule has 0 bridgehead atoms. The Morgan fingerprint density at radius 2 is 0.635 bits per heavy atom. The number of hydrogen-bond acceptors (Lipinski definition) is 14. The highest BCUT2D eigenvalue weighted by atomic mass is 32.1. The second-order valence-corrected chi connectivity index (χ2v) is 46.8. The molecule has 11 aromatic carbocycles. The van der Waals surface area contributed by atoms with E-state index in [-0.39, 0.29) is 34.5 Å². The zero-order valence-corrected chi connectivity index (χ0v) is 90.7. The van der Waals surface area contributed by atoms with Crippen molar-refractivity contribution in [1.82, 2.24) is 9.97 Å². The van der Waals surface area contributed by atoms with Crippen LogP contribution in [-0.4, -0.2) is 34.7 Å². The molecule has 10 nitrogen and oxygen atoms in total. The van der Waals surface area contributed by atoms with E-state index in [1.165, 1.54) is 84.7 Å². The van der Waals surface area contributed by atoms with Crippen LogP contribution in [0.15, 0.2) is 204 Å². The van der Waals surface area contributed by atoms with Crippen molar-refractivity contribution in [2.24, 2.45) is 11.8 Å². The van der Waals surface area contributed by atoms with E-state index in [0.717, 1.165) is 327 Å². The smallest absolute Gasteiger partial charge is 0.223 e. The van der Waals surface area contributed by atoms with E-state index in [1.54, 1.807) is 22.7 Å². The molecular formula is C134H134N6O4S4. The molecule has 148 heavy (non-hydrogen) atoms. The minimum Gasteiger partial charge on any atom is -0.477 e. The van der Waals surface area contributed by atoms with Crippen molar-refractivity contribution in [3.8, 4) is 55.5 Å². The Bertz CT molecular complexity index is 7560. The number of ketones is 2. The van der Waals surface area contributed by atoms with E-state index in [1.807, 2.05) is 83.4 Å². The molecule has 4 aliphatic rings. The van der Waals surface area contributed by atoms with Crippen molar-refractivity contribution in [2.45, 2.75) is 297 Å². The van der Waals surface area contributed by atoms with Gasteiger partial charge in [0.2, 0.25) is 11.8 Å². The molecule has 21 rings (SSSR count). The van der Waals surface area contributed by atoms with Crippen LogP contribution in [0, 0.1) is 57.2 Å². The molecule has 0 radical (unpaired) electrons. The Morgan fingerprint density at radius 3 is 0.953 bits per heavy atom. The number of benzene rings is 11. The van der Waals surface area contributed by atoms with Gasteiger partial charge in [0.05, 0.1) is 65.4 Å². The van der Waals surface area contributed by atoms with Gasteiger partial charge in [0.1, 0.15) is 35.4 Å². The predicted molar refractivity (Wildman–Crippen MR) is 621 cm³/mol. The van der Waals surface area contributed by atoms with Gasteiger partial charge in [-0.1, -0.05) is 367 Å². The van der Waals surface area contributed by atoms with Crippen LogP contribution in [-0.2, 0) is 36.5 Å². The summed E-state index contributed by atoms with van der Waals surface area (Å²) < 4.78 is 18.2. The van der Waals surface area contributed by atoms with Crippen LogP contribution in [0.25, 0.3) is 128 Å². The molecule has 0 N–H and O–H groups in total. The second kappa shape index (κ2) is 44.6. The van der Waals surface area contributed by atoms with Gasteiger partial charge in [-0.05, 0) is 214 Å². The summed E-state index contributed by atoms with van der Waals surface area (Å²) in [6, 6.07) is 76.7. The molecule has 17 aromatic rings. The second-order valence-electron chi connectivity index (χ2n) is 42.6. The number of pyridine rings is 2. The van der Waals surface area contributed by atoms with Crippen molar-refractivity contribution in [3.63, 3.8) is 0 Å². The number of aromatic nitrogens is 2. The minimum atomic E-state index is -0.997. The Labute approximate surface area is 889 Å². The number of aryl methyl sites for hydroxylation is 4. The SMILES string of the molecule is CCCCCCc1ccc(C2(c3ccc(CCCCCC)cc3)c3cc(/C=C4\C(=O)c5ccccc5C4=C(C#N)C#N)sc3-c3sc4c(c32)c2ccc3nc(OCC(CCCC)CCCCCC)c5c6sc7c(c6c6ccc8nc(OCC(CCCC)CCCCCC)c4c4c8c6c5c3c24)C(c2ccc(CCCCCC)cc2)(c2ccc(CCCCCC)cc2)c2cc(/C=C3\C(=O)c4ccccc4C3=C(C#N)C#N)sc2-7)cc1. The van der Waals surface area contributed by atoms with Crippen molar-refractivity contribution >= 4 is 165 Å². The van der Waals surface area contributed by atoms with Gasteiger partial charge in [-0.3, -0.25) is 9.59 Å². The molecular weight excluding hydrogens is 1890 g/mol. The molecule has 6 aromatic heterocycles. The van der Waals surface area contributed by atoms with Gasteiger partial charge in [0.25, 0.3) is 0 Å². The molecule has 0 aliphatic heterocycles.